The summed E-state index contributed by atoms with van der Waals surface area (Å²) in [5, 5.41) is 0. The summed E-state index contributed by atoms with van der Waals surface area (Å²) in [6.45, 7) is 7.86. The second kappa shape index (κ2) is 10.7. The molecule has 0 aliphatic carbocycles. The molecule has 0 aromatic rings. The van der Waals surface area contributed by atoms with Crippen LogP contribution in [0.2, 0.25) is 0 Å². The van der Waals surface area contributed by atoms with Gasteiger partial charge in [-0.1, -0.05) is 0 Å². The maximum atomic E-state index is 5.22. The molecule has 0 heterocycles. The average molecular weight is 242 g/mol. The Kier molecular flexibility index (Phi) is 13.7. The Balaban J connectivity index is 0. The van der Waals surface area contributed by atoms with Crippen molar-refractivity contribution in [3.05, 3.63) is 0 Å². The Morgan fingerprint density at radius 3 is 1.27 bits per heavy atom. The van der Waals surface area contributed by atoms with Crippen LogP contribution >= 0.6 is 0 Å². The van der Waals surface area contributed by atoms with Gasteiger partial charge in [-0.2, -0.15) is 0 Å². The molecule has 0 aromatic carbocycles. The van der Waals surface area contributed by atoms with Gasteiger partial charge >= 0.3 is 27.5 Å². The zero-order valence-electron chi connectivity index (χ0n) is 7.63. The third kappa shape index (κ3) is 8.56. The summed E-state index contributed by atoms with van der Waals surface area (Å²) in [4.78, 5) is 0. The maximum absolute atomic E-state index is 5.22. The van der Waals surface area contributed by atoms with E-state index >= 15 is 0 Å². The molecule has 0 amide bonds. The van der Waals surface area contributed by atoms with Gasteiger partial charge in [0, 0.05) is 19.8 Å². The van der Waals surface area contributed by atoms with E-state index in [9.17, 15) is 0 Å². The van der Waals surface area contributed by atoms with Crippen molar-refractivity contribution in [1.82, 2.24) is 0 Å². The first-order chi connectivity index (χ1) is 4.85. The molecule has 70 valence electrons. The van der Waals surface area contributed by atoms with Gasteiger partial charge in [-0.15, -0.1) is 0 Å². The molecule has 3 nitrogen and oxygen atoms in total. The van der Waals surface area contributed by atoms with Crippen LogP contribution in [0, 0.1) is 0 Å². The molecule has 5 heteroatoms. The van der Waals surface area contributed by atoms with Gasteiger partial charge in [0.15, 0.2) is 0 Å². The first-order valence-electron chi connectivity index (χ1n) is 3.69. The second-order valence-electron chi connectivity index (χ2n) is 1.65. The van der Waals surface area contributed by atoms with Crippen LogP contribution in [0.1, 0.15) is 20.8 Å². The van der Waals surface area contributed by atoms with Crippen molar-refractivity contribution in [2.45, 2.75) is 20.8 Å². The predicted molar refractivity (Wildman–Crippen MR) is 52.0 cm³/mol. The number of rotatable bonds is 6. The summed E-state index contributed by atoms with van der Waals surface area (Å²) in [5.41, 5.74) is 0. The number of hydrogen-bond acceptors (Lipinski definition) is 3. The summed E-state index contributed by atoms with van der Waals surface area (Å²) in [5.74, 6) is 0. The summed E-state index contributed by atoms with van der Waals surface area (Å²) < 4.78 is 15.7. The molecule has 0 radical (unpaired) electrons. The Labute approximate surface area is 81.7 Å². The molecule has 1 atom stereocenters. The Bertz CT molecular complexity index is 60.6. The molecular formula is C6H19AsO3Si. The van der Waals surface area contributed by atoms with E-state index in [4.69, 9.17) is 13.3 Å². The molecule has 0 saturated carbocycles. The summed E-state index contributed by atoms with van der Waals surface area (Å²) >= 11 is 0. The van der Waals surface area contributed by atoms with Crippen LogP contribution < -0.4 is 0 Å². The van der Waals surface area contributed by atoms with Gasteiger partial charge in [-0.3, -0.25) is 0 Å². The van der Waals surface area contributed by atoms with E-state index in [2.05, 4.69) is 0 Å². The SMILES string of the molecule is CCO[SiH](OCC)OCC.[AsH3]. The average Bonchev–Trinajstić information content (AvgIpc) is 1.90. The van der Waals surface area contributed by atoms with Crippen LogP contribution in [0.5, 0.6) is 0 Å². The van der Waals surface area contributed by atoms with Crippen molar-refractivity contribution in [3.63, 3.8) is 0 Å². The van der Waals surface area contributed by atoms with Crippen LogP contribution in [0.25, 0.3) is 0 Å². The Morgan fingerprint density at radius 1 is 0.818 bits per heavy atom. The van der Waals surface area contributed by atoms with Crippen LogP contribution in [0.4, 0.5) is 0 Å². The van der Waals surface area contributed by atoms with E-state index in [1.54, 1.807) is 0 Å². The molecular weight excluding hydrogens is 223 g/mol. The van der Waals surface area contributed by atoms with E-state index in [1.807, 2.05) is 20.8 Å². The standard InChI is InChI=1S/C6H16O3Si.AsH3/c1-4-7-10(8-5-2)9-6-3;/h10H,4-6H2,1-3H3;1H3. The molecule has 0 aromatic heterocycles. The fourth-order valence-corrected chi connectivity index (χ4v) is 1.66. The van der Waals surface area contributed by atoms with E-state index in [1.165, 1.54) is 0 Å². The topological polar surface area (TPSA) is 27.7 Å². The third-order valence-corrected chi connectivity index (χ3v) is 2.72. The molecule has 0 aliphatic rings. The van der Waals surface area contributed by atoms with Gasteiger partial charge in [0.1, 0.15) is 0 Å². The summed E-state index contributed by atoms with van der Waals surface area (Å²) in [7, 11) is -1.73. The van der Waals surface area contributed by atoms with Gasteiger partial charge in [-0.25, -0.2) is 0 Å². The quantitative estimate of drug-likeness (QED) is 0.595. The molecule has 0 saturated heterocycles. The van der Waals surface area contributed by atoms with Gasteiger partial charge in [0.05, 0.1) is 0 Å². The van der Waals surface area contributed by atoms with Gasteiger partial charge in [-0.05, 0) is 20.8 Å². The molecule has 1 unspecified atom stereocenters. The first kappa shape index (κ1) is 14.2. The first-order valence-corrected chi connectivity index (χ1v) is 5.11. The molecule has 0 fully saturated rings. The molecule has 0 spiro atoms. The van der Waals surface area contributed by atoms with Gasteiger partial charge in [0.25, 0.3) is 0 Å². The zero-order valence-corrected chi connectivity index (χ0v) is 11.8. The minimum atomic E-state index is -1.73. The third-order valence-electron chi connectivity index (χ3n) is 0.908. The monoisotopic (exact) mass is 242 g/mol. The minimum absolute atomic E-state index is 0. The van der Waals surface area contributed by atoms with Crippen LogP contribution in [-0.4, -0.2) is 47.3 Å². The molecule has 0 bridgehead atoms. The van der Waals surface area contributed by atoms with Crippen LogP contribution in [-0.2, 0) is 13.3 Å². The van der Waals surface area contributed by atoms with Crippen molar-refractivity contribution < 1.29 is 13.3 Å². The van der Waals surface area contributed by atoms with E-state index in [0.717, 1.165) is 0 Å². The molecule has 0 rings (SSSR count). The van der Waals surface area contributed by atoms with Crippen molar-refractivity contribution in [1.29, 1.82) is 0 Å². The van der Waals surface area contributed by atoms with Crippen LogP contribution in [0.15, 0.2) is 0 Å². The second-order valence-corrected chi connectivity index (χ2v) is 3.23. The van der Waals surface area contributed by atoms with E-state index in [0.29, 0.717) is 19.8 Å². The molecule has 11 heavy (non-hydrogen) atoms. The van der Waals surface area contributed by atoms with Crippen molar-refractivity contribution in [2.24, 2.45) is 0 Å². The fourth-order valence-electron chi connectivity index (χ4n) is 0.553. The van der Waals surface area contributed by atoms with Gasteiger partial charge in [0.2, 0.25) is 0 Å². The van der Waals surface area contributed by atoms with Gasteiger partial charge < -0.3 is 13.3 Å². The van der Waals surface area contributed by atoms with Crippen molar-refractivity contribution >= 4 is 27.5 Å². The van der Waals surface area contributed by atoms with E-state index in [-0.39, 0.29) is 18.0 Å². The van der Waals surface area contributed by atoms with Crippen molar-refractivity contribution in [2.75, 3.05) is 19.8 Å². The normalized spacial score (nSPS) is 9.82. The zero-order chi connectivity index (χ0) is 7.82. The summed E-state index contributed by atoms with van der Waals surface area (Å²) in [6.07, 6.45) is 0. The fraction of sp³-hybridized carbons (Fsp3) is 1.00. The van der Waals surface area contributed by atoms with E-state index < -0.39 is 9.53 Å². The number of hydrogen-bond donors (Lipinski definition) is 0. The molecule has 0 N–H and O–H groups in total. The Morgan fingerprint density at radius 2 is 1.09 bits per heavy atom. The van der Waals surface area contributed by atoms with Crippen LogP contribution in [0.3, 0.4) is 0 Å². The Hall–Kier alpha value is 0.655. The molecule has 0 aliphatic heterocycles. The van der Waals surface area contributed by atoms with Crippen molar-refractivity contribution in [3.8, 4) is 0 Å². The summed E-state index contributed by atoms with van der Waals surface area (Å²) in [6, 6.07) is 0. The predicted octanol–water partition coefficient (Wildman–Crippen LogP) is -0.371.